The van der Waals surface area contributed by atoms with Gasteiger partial charge >= 0.3 is 0 Å². The van der Waals surface area contributed by atoms with Crippen LogP contribution < -0.4 is 4.74 Å². The van der Waals surface area contributed by atoms with Gasteiger partial charge in [-0.05, 0) is 73.3 Å². The van der Waals surface area contributed by atoms with Gasteiger partial charge in [0.2, 0.25) is 5.82 Å². The van der Waals surface area contributed by atoms with Crippen LogP contribution in [0, 0.1) is 17.5 Å². The second-order valence-corrected chi connectivity index (χ2v) is 6.75. The highest BCUT2D eigenvalue weighted by Crippen LogP contribution is 2.42. The second kappa shape index (κ2) is 7.98. The minimum atomic E-state index is -0.919. The zero-order valence-corrected chi connectivity index (χ0v) is 14.9. The van der Waals surface area contributed by atoms with Crippen LogP contribution in [-0.4, -0.2) is 6.61 Å². The molecular formula is C22H23F3O. The highest BCUT2D eigenvalue weighted by atomic mass is 19.2. The van der Waals surface area contributed by atoms with Crippen molar-refractivity contribution in [2.24, 2.45) is 0 Å². The maximum atomic E-state index is 14.4. The van der Waals surface area contributed by atoms with Crippen molar-refractivity contribution in [2.45, 2.75) is 44.4 Å². The predicted molar refractivity (Wildman–Crippen MR) is 98.0 cm³/mol. The van der Waals surface area contributed by atoms with E-state index in [1.165, 1.54) is 12.1 Å². The van der Waals surface area contributed by atoms with Crippen LogP contribution in [0.5, 0.6) is 5.75 Å². The number of ether oxygens (including phenoxy) is 1. The molecule has 138 valence electrons. The Kier molecular flexibility index (Phi) is 5.70. The van der Waals surface area contributed by atoms with E-state index in [0.717, 1.165) is 18.4 Å². The topological polar surface area (TPSA) is 9.23 Å². The molecule has 1 aliphatic carbocycles. The SMILES string of the molecule is C=Cc1ccc(C2CCC(c3ccc(OCC)c(F)c3F)CC2)c(F)c1. The van der Waals surface area contributed by atoms with Gasteiger partial charge in [0, 0.05) is 0 Å². The summed E-state index contributed by atoms with van der Waals surface area (Å²) in [5.74, 6) is -1.94. The fourth-order valence-corrected chi connectivity index (χ4v) is 3.85. The van der Waals surface area contributed by atoms with E-state index in [9.17, 15) is 13.2 Å². The summed E-state index contributed by atoms with van der Waals surface area (Å²) in [6.07, 6.45) is 4.54. The maximum Gasteiger partial charge on any atom is 0.200 e. The third-order valence-corrected chi connectivity index (χ3v) is 5.24. The van der Waals surface area contributed by atoms with Crippen LogP contribution in [0.3, 0.4) is 0 Å². The normalized spacial score (nSPS) is 20.0. The fourth-order valence-electron chi connectivity index (χ4n) is 3.85. The zero-order valence-electron chi connectivity index (χ0n) is 14.9. The van der Waals surface area contributed by atoms with Gasteiger partial charge in [0.15, 0.2) is 11.6 Å². The lowest BCUT2D eigenvalue weighted by molar-refractivity contribution is 0.310. The van der Waals surface area contributed by atoms with Crippen LogP contribution in [0.2, 0.25) is 0 Å². The van der Waals surface area contributed by atoms with Gasteiger partial charge in [0.25, 0.3) is 0 Å². The average molecular weight is 360 g/mol. The standard InChI is InChI=1S/C22H23F3O/c1-3-14-5-10-17(19(23)13-14)15-6-8-16(9-7-15)18-11-12-20(26-4-2)22(25)21(18)24/h3,5,10-13,15-16H,1,4,6-9H2,2H3. The summed E-state index contributed by atoms with van der Waals surface area (Å²) in [6.45, 7) is 5.67. The summed E-state index contributed by atoms with van der Waals surface area (Å²) in [6, 6.07) is 8.29. The van der Waals surface area contributed by atoms with Gasteiger partial charge in [-0.1, -0.05) is 30.9 Å². The minimum absolute atomic E-state index is 0.0491. The van der Waals surface area contributed by atoms with Crippen molar-refractivity contribution < 1.29 is 17.9 Å². The van der Waals surface area contributed by atoms with Crippen LogP contribution >= 0.6 is 0 Å². The number of benzene rings is 2. The Bertz CT molecular complexity index is 792. The molecule has 26 heavy (non-hydrogen) atoms. The summed E-state index contributed by atoms with van der Waals surface area (Å²) in [4.78, 5) is 0. The Morgan fingerprint density at radius 2 is 1.58 bits per heavy atom. The molecule has 1 saturated carbocycles. The Hall–Kier alpha value is -2.23. The molecule has 2 aromatic rings. The lowest BCUT2D eigenvalue weighted by Gasteiger charge is -2.29. The molecule has 0 amide bonds. The number of hydrogen-bond donors (Lipinski definition) is 0. The summed E-state index contributed by atoms with van der Waals surface area (Å²) in [5, 5.41) is 0. The van der Waals surface area contributed by atoms with Crippen molar-refractivity contribution in [2.75, 3.05) is 6.61 Å². The van der Waals surface area contributed by atoms with Crippen LogP contribution in [-0.2, 0) is 0 Å². The van der Waals surface area contributed by atoms with Gasteiger partial charge in [-0.15, -0.1) is 0 Å². The van der Waals surface area contributed by atoms with Gasteiger partial charge < -0.3 is 4.74 Å². The second-order valence-electron chi connectivity index (χ2n) is 6.75. The molecule has 4 heteroatoms. The molecule has 0 N–H and O–H groups in total. The first-order chi connectivity index (χ1) is 12.5. The van der Waals surface area contributed by atoms with Crippen molar-refractivity contribution in [1.82, 2.24) is 0 Å². The maximum absolute atomic E-state index is 14.4. The summed E-state index contributed by atoms with van der Waals surface area (Å²) in [7, 11) is 0. The average Bonchev–Trinajstić information content (AvgIpc) is 2.66. The molecular weight excluding hydrogens is 337 g/mol. The largest absolute Gasteiger partial charge is 0.491 e. The van der Waals surface area contributed by atoms with Crippen LogP contribution in [0.25, 0.3) is 6.08 Å². The third kappa shape index (κ3) is 3.64. The van der Waals surface area contributed by atoms with Gasteiger partial charge in [0.1, 0.15) is 5.82 Å². The monoisotopic (exact) mass is 360 g/mol. The molecule has 0 heterocycles. The molecule has 0 saturated heterocycles. The molecule has 0 radical (unpaired) electrons. The van der Waals surface area contributed by atoms with E-state index < -0.39 is 11.6 Å². The van der Waals surface area contributed by atoms with E-state index in [0.29, 0.717) is 24.0 Å². The zero-order chi connectivity index (χ0) is 18.7. The van der Waals surface area contributed by atoms with Crippen LogP contribution in [0.1, 0.15) is 61.1 Å². The lowest BCUT2D eigenvalue weighted by Crippen LogP contribution is -2.15. The first-order valence-electron chi connectivity index (χ1n) is 9.07. The molecule has 0 spiro atoms. The Morgan fingerprint density at radius 1 is 0.962 bits per heavy atom. The van der Waals surface area contributed by atoms with Crippen molar-refractivity contribution in [3.63, 3.8) is 0 Å². The highest BCUT2D eigenvalue weighted by Gasteiger charge is 2.28. The predicted octanol–water partition coefficient (Wildman–Crippen LogP) is 6.59. The Morgan fingerprint density at radius 3 is 2.15 bits per heavy atom. The van der Waals surface area contributed by atoms with Gasteiger partial charge in [-0.3, -0.25) is 0 Å². The molecule has 0 bridgehead atoms. The van der Waals surface area contributed by atoms with Gasteiger partial charge in [0.05, 0.1) is 6.61 Å². The molecule has 1 aliphatic rings. The molecule has 0 atom stereocenters. The fraction of sp³-hybridized carbons (Fsp3) is 0.364. The number of rotatable bonds is 5. The van der Waals surface area contributed by atoms with Crippen molar-refractivity contribution in [3.8, 4) is 5.75 Å². The van der Waals surface area contributed by atoms with Crippen molar-refractivity contribution in [1.29, 1.82) is 0 Å². The van der Waals surface area contributed by atoms with E-state index in [1.54, 1.807) is 19.1 Å². The number of hydrogen-bond acceptors (Lipinski definition) is 1. The summed E-state index contributed by atoms with van der Waals surface area (Å²) in [5.41, 5.74) is 1.85. The molecule has 0 aromatic heterocycles. The molecule has 3 rings (SSSR count). The Balaban J connectivity index is 1.73. The van der Waals surface area contributed by atoms with Crippen LogP contribution in [0.4, 0.5) is 13.2 Å². The van der Waals surface area contributed by atoms with E-state index in [1.807, 2.05) is 12.1 Å². The lowest BCUT2D eigenvalue weighted by atomic mass is 9.76. The van der Waals surface area contributed by atoms with Crippen LogP contribution in [0.15, 0.2) is 36.9 Å². The van der Waals surface area contributed by atoms with Crippen molar-refractivity contribution >= 4 is 6.08 Å². The quantitative estimate of drug-likeness (QED) is 0.585. The van der Waals surface area contributed by atoms with E-state index >= 15 is 0 Å². The smallest absolute Gasteiger partial charge is 0.200 e. The van der Waals surface area contributed by atoms with E-state index in [-0.39, 0.29) is 30.0 Å². The molecule has 1 fully saturated rings. The molecule has 0 aliphatic heterocycles. The highest BCUT2D eigenvalue weighted by molar-refractivity contribution is 5.48. The van der Waals surface area contributed by atoms with Crippen molar-refractivity contribution in [3.05, 3.63) is 71.1 Å². The summed E-state index contributed by atoms with van der Waals surface area (Å²) >= 11 is 0. The minimum Gasteiger partial charge on any atom is -0.491 e. The van der Waals surface area contributed by atoms with E-state index in [2.05, 4.69) is 6.58 Å². The van der Waals surface area contributed by atoms with E-state index in [4.69, 9.17) is 4.74 Å². The molecule has 0 unspecified atom stereocenters. The molecule has 1 nitrogen and oxygen atoms in total. The van der Waals surface area contributed by atoms with Gasteiger partial charge in [-0.2, -0.15) is 4.39 Å². The number of halogens is 3. The first-order valence-corrected chi connectivity index (χ1v) is 9.07. The van der Waals surface area contributed by atoms with Gasteiger partial charge in [-0.25, -0.2) is 8.78 Å². The summed E-state index contributed by atoms with van der Waals surface area (Å²) < 4.78 is 47.9. The third-order valence-electron chi connectivity index (χ3n) is 5.24. The Labute approximate surface area is 152 Å². The first kappa shape index (κ1) is 18.6. The molecule has 2 aromatic carbocycles.